The van der Waals surface area contributed by atoms with Gasteiger partial charge in [-0.3, -0.25) is 4.79 Å². The van der Waals surface area contributed by atoms with Crippen LogP contribution in [0.2, 0.25) is 0 Å². The van der Waals surface area contributed by atoms with Crippen LogP contribution >= 0.6 is 21.6 Å². The predicted octanol–water partition coefficient (Wildman–Crippen LogP) is 4.75. The minimum absolute atomic E-state index is 0.116. The number of allylic oxidation sites excluding steroid dienone is 2. The second-order valence-electron chi connectivity index (χ2n) is 15.7. The highest BCUT2D eigenvalue weighted by Crippen LogP contribution is 2.60. The van der Waals surface area contributed by atoms with Crippen LogP contribution in [0.3, 0.4) is 0 Å². The van der Waals surface area contributed by atoms with Crippen LogP contribution in [0.1, 0.15) is 52.0 Å². The number of nitrogens with one attached hydrogen (secondary N) is 2. The molecule has 6 heterocycles. The van der Waals surface area contributed by atoms with Crippen LogP contribution < -0.4 is 26.7 Å². The van der Waals surface area contributed by atoms with E-state index in [2.05, 4.69) is 27.4 Å². The molecular weight excluding hydrogens is 709 g/mol. The predicted molar refractivity (Wildman–Crippen MR) is 207 cm³/mol. The van der Waals surface area contributed by atoms with Gasteiger partial charge in [-0.15, -0.1) is 0 Å². The molecule has 10 nitrogen and oxygen atoms in total. The zero-order chi connectivity index (χ0) is 36.8. The number of amides is 1. The lowest BCUT2D eigenvalue weighted by molar-refractivity contribution is -0.187. The second-order valence-corrected chi connectivity index (χ2v) is 18.3. The number of hydrogen-bond acceptors (Lipinski definition) is 11. The summed E-state index contributed by atoms with van der Waals surface area (Å²) in [6.07, 6.45) is 6.26. The number of ether oxygens (including phenoxy) is 2. The van der Waals surface area contributed by atoms with Crippen LogP contribution in [0, 0.1) is 29.6 Å². The molecule has 0 radical (unpaired) electrons. The van der Waals surface area contributed by atoms with E-state index in [-0.39, 0.29) is 35.6 Å². The van der Waals surface area contributed by atoms with E-state index in [9.17, 15) is 14.4 Å². The molecule has 276 valence electrons. The summed E-state index contributed by atoms with van der Waals surface area (Å²) in [6.45, 7) is 6.72. The van der Waals surface area contributed by atoms with Gasteiger partial charge in [0, 0.05) is 84.3 Å². The molecule has 2 aromatic rings. The maximum Gasteiger partial charge on any atom is 0.336 e. The summed E-state index contributed by atoms with van der Waals surface area (Å²) in [5, 5.41) is 7.95. The molecule has 3 bridgehead atoms. The van der Waals surface area contributed by atoms with E-state index in [1.54, 1.807) is 25.1 Å². The number of fused-ring (bicyclic) bond motifs is 7. The van der Waals surface area contributed by atoms with Crippen molar-refractivity contribution in [2.45, 2.75) is 81.4 Å². The molecule has 0 unspecified atom stereocenters. The van der Waals surface area contributed by atoms with Crippen molar-refractivity contribution >= 4 is 44.4 Å². The van der Waals surface area contributed by atoms with Crippen LogP contribution in [0.4, 0.5) is 0 Å². The normalized spacial score (nSPS) is 34.5. The second kappa shape index (κ2) is 12.8. The van der Waals surface area contributed by atoms with Gasteiger partial charge < -0.3 is 35.2 Å². The molecule has 7 aliphatic rings. The Bertz CT molecular complexity index is 2210. The molecule has 9 rings (SSSR count). The zero-order valence-corrected chi connectivity index (χ0v) is 32.0. The van der Waals surface area contributed by atoms with E-state index < -0.39 is 28.7 Å². The molecule has 1 spiro atoms. The molecule has 53 heavy (non-hydrogen) atoms. The maximum atomic E-state index is 14.5. The van der Waals surface area contributed by atoms with E-state index in [1.807, 2.05) is 54.6 Å². The highest BCUT2D eigenvalue weighted by atomic mass is 33.1. The van der Waals surface area contributed by atoms with Crippen molar-refractivity contribution in [1.82, 2.24) is 15.5 Å². The van der Waals surface area contributed by atoms with Crippen molar-refractivity contribution < 1.29 is 23.5 Å². The van der Waals surface area contributed by atoms with Crippen LogP contribution in [0.25, 0.3) is 11.0 Å². The van der Waals surface area contributed by atoms with Gasteiger partial charge in [0.25, 0.3) is 0 Å². The largest absolute Gasteiger partial charge is 0.481 e. The Hall–Kier alpha value is -4.05. The molecule has 8 atom stereocenters. The Balaban J connectivity index is 1.30. The summed E-state index contributed by atoms with van der Waals surface area (Å²) in [4.78, 5) is 42.8. The number of nitrogens with two attached hydrogens (primary N) is 1. The lowest BCUT2D eigenvalue weighted by Gasteiger charge is -2.58. The number of hydrogen-bond donors (Lipinski definition) is 3. The number of benzene rings is 1. The Morgan fingerprint density at radius 1 is 1.23 bits per heavy atom. The van der Waals surface area contributed by atoms with E-state index >= 15 is 0 Å². The lowest BCUT2D eigenvalue weighted by atomic mass is 9.58. The molecule has 12 heteroatoms. The zero-order valence-electron chi connectivity index (χ0n) is 30.4. The molecule has 1 amide bonds. The standard InChI is InChI=1S/C41H44N4O6S2/c1-5-21(2)39(48)51-40(3)16-24-8-6-7-23-12-32-38-28(37(23)43-4)19-45(38)34(46)13-26-18-44-33(42)14-27(26)36(29(24)20-52-53-32)41(40)17-25-11-22-9-10-35(47)49-30(22)15-31(25)50-41/h5,9-11,14-15,23,28,32,36-38,43-44H,8,12-13,16-20,42H2,1-4H3/b21-5+/t23-,28-,32+,36-,37-,38-,40+,41+/m0/s1. The Kier molecular flexibility index (Phi) is 8.37. The number of esters is 1. The third kappa shape index (κ3) is 5.40. The van der Waals surface area contributed by atoms with Gasteiger partial charge in [-0.05, 0) is 74.7 Å². The van der Waals surface area contributed by atoms with Crippen LogP contribution in [-0.2, 0) is 20.7 Å². The van der Waals surface area contributed by atoms with E-state index in [0.29, 0.717) is 66.7 Å². The van der Waals surface area contributed by atoms with E-state index in [1.165, 1.54) is 11.6 Å². The summed E-state index contributed by atoms with van der Waals surface area (Å²) < 4.78 is 19.7. The molecule has 4 N–H and O–H groups in total. The van der Waals surface area contributed by atoms with E-state index in [0.717, 1.165) is 34.1 Å². The van der Waals surface area contributed by atoms with Gasteiger partial charge in [-0.1, -0.05) is 45.1 Å². The first-order chi connectivity index (χ1) is 25.5. The maximum absolute atomic E-state index is 14.5. The summed E-state index contributed by atoms with van der Waals surface area (Å²) in [5.74, 6) is 8.91. The van der Waals surface area contributed by atoms with Gasteiger partial charge in [0.2, 0.25) is 5.91 Å². The minimum atomic E-state index is -1.18. The topological polar surface area (TPSA) is 136 Å². The fourth-order valence-electron chi connectivity index (χ4n) is 10.1. The van der Waals surface area contributed by atoms with Crippen molar-refractivity contribution in [2.24, 2.45) is 23.5 Å². The first-order valence-electron chi connectivity index (χ1n) is 18.5. The number of carbonyl (C=O) groups is 2. The first-order valence-corrected chi connectivity index (χ1v) is 20.9. The number of nitrogens with zero attached hydrogens (tertiary/aromatic N) is 1. The SMILES string of the molecule is C/C=C(\C)C(=O)O[C@]1(C)CC2=C3CSS[C@@H]4C[C@H](C#CC2)[C@H](NC)[C@@H]2CN(C(=O)CC5=C(C=C(N)NC5)[C@@H]3[C@]13Cc1cc5ccc(=O)oc5cc1O3)[C@@H]24. The monoisotopic (exact) mass is 752 g/mol. The minimum Gasteiger partial charge on any atom is -0.481 e. The third-order valence-corrected chi connectivity index (χ3v) is 15.6. The summed E-state index contributed by atoms with van der Waals surface area (Å²) in [6, 6.07) is 7.34. The quantitative estimate of drug-likeness (QED) is 0.100. The van der Waals surface area contributed by atoms with Crippen LogP contribution in [0.5, 0.6) is 5.75 Å². The van der Waals surface area contributed by atoms with Crippen molar-refractivity contribution in [2.75, 3.05) is 25.9 Å². The average Bonchev–Trinajstić information content (AvgIpc) is 3.47. The number of dihydropyridines is 1. The smallest absolute Gasteiger partial charge is 0.336 e. The molecule has 2 fully saturated rings. The van der Waals surface area contributed by atoms with Crippen molar-refractivity contribution in [3.05, 3.63) is 86.1 Å². The summed E-state index contributed by atoms with van der Waals surface area (Å²) in [5.41, 5.74) is 9.90. The summed E-state index contributed by atoms with van der Waals surface area (Å²) >= 11 is 0. The Labute approximate surface area is 316 Å². The van der Waals surface area contributed by atoms with Gasteiger partial charge in [0.15, 0.2) is 11.2 Å². The first kappa shape index (κ1) is 34.7. The van der Waals surface area contributed by atoms with Crippen molar-refractivity contribution in [3.63, 3.8) is 0 Å². The molecule has 1 aromatic carbocycles. The molecule has 5 aliphatic heterocycles. The Morgan fingerprint density at radius 3 is 2.89 bits per heavy atom. The van der Waals surface area contributed by atoms with Crippen molar-refractivity contribution in [3.8, 4) is 17.6 Å². The average molecular weight is 753 g/mol. The summed E-state index contributed by atoms with van der Waals surface area (Å²) in [7, 11) is 5.76. The molecule has 1 saturated carbocycles. The van der Waals surface area contributed by atoms with E-state index in [4.69, 9.17) is 19.6 Å². The molecule has 2 aliphatic carbocycles. The molecule has 1 aromatic heterocycles. The highest BCUT2D eigenvalue weighted by Gasteiger charge is 2.65. The fourth-order valence-corrected chi connectivity index (χ4v) is 13.3. The van der Waals surface area contributed by atoms with Crippen LogP contribution in [-0.4, -0.2) is 71.2 Å². The molecule has 1 saturated heterocycles. The van der Waals surface area contributed by atoms with Crippen LogP contribution in [0.15, 0.2) is 79.3 Å². The molecular formula is C41H44N4O6S2. The fraction of sp³-hybridized carbons (Fsp3) is 0.488. The lowest BCUT2D eigenvalue weighted by Crippen LogP contribution is -2.71. The number of carbonyl (C=O) groups excluding carboxylic acids is 2. The third-order valence-electron chi connectivity index (χ3n) is 12.9. The van der Waals surface area contributed by atoms with Gasteiger partial charge >= 0.3 is 11.6 Å². The van der Waals surface area contributed by atoms with Gasteiger partial charge in [-0.2, -0.15) is 0 Å². The Morgan fingerprint density at radius 2 is 2.08 bits per heavy atom. The van der Waals surface area contributed by atoms with Gasteiger partial charge in [0.1, 0.15) is 11.3 Å². The highest BCUT2D eigenvalue weighted by molar-refractivity contribution is 8.77. The van der Waals surface area contributed by atoms with Crippen molar-refractivity contribution in [1.29, 1.82) is 0 Å². The van der Waals surface area contributed by atoms with Gasteiger partial charge in [-0.25, -0.2) is 9.59 Å². The number of rotatable bonds is 3. The van der Waals surface area contributed by atoms with Gasteiger partial charge in [0.05, 0.1) is 24.2 Å².